The van der Waals surface area contributed by atoms with Gasteiger partial charge < -0.3 is 4.74 Å². The molecule has 0 aliphatic rings. The highest BCUT2D eigenvalue weighted by atomic mass is 35.5. The third-order valence-electron chi connectivity index (χ3n) is 1.59. The number of alkyl halides is 4. The molecule has 2 nitrogen and oxygen atoms in total. The Morgan fingerprint density at radius 1 is 1.31 bits per heavy atom. The Labute approximate surface area is 98.9 Å². The molecule has 16 heavy (non-hydrogen) atoms. The number of hydrogen-bond acceptors (Lipinski definition) is 2. The maximum atomic E-state index is 12.7. The Kier molecular flexibility index (Phi) is 4.04. The van der Waals surface area contributed by atoms with Gasteiger partial charge in [0.1, 0.15) is 5.75 Å². The average Bonchev–Trinajstić information content (AvgIpc) is 2.17. The van der Waals surface area contributed by atoms with Crippen LogP contribution in [0.15, 0.2) is 24.3 Å². The summed E-state index contributed by atoms with van der Waals surface area (Å²) < 4.78 is 41.5. The second-order valence-corrected chi connectivity index (χ2v) is 3.49. The maximum absolute atomic E-state index is 12.7. The highest BCUT2D eigenvalue weighted by Gasteiger charge is 2.42. The van der Waals surface area contributed by atoms with Crippen molar-refractivity contribution in [1.29, 1.82) is 0 Å². The van der Waals surface area contributed by atoms with E-state index in [1.165, 1.54) is 12.1 Å². The molecule has 0 aliphatic heterocycles. The number of carbonyl (C=O) groups is 1. The van der Waals surface area contributed by atoms with Crippen molar-refractivity contribution >= 4 is 28.4 Å². The molecule has 1 rings (SSSR count). The van der Waals surface area contributed by atoms with Crippen molar-refractivity contribution in [2.24, 2.45) is 0 Å². The van der Waals surface area contributed by atoms with E-state index in [2.05, 4.69) is 16.3 Å². The number of carbonyl (C=O) groups excluding carboxylic acids is 1. The zero-order valence-corrected chi connectivity index (χ0v) is 9.10. The molecule has 0 saturated carbocycles. The minimum Gasteiger partial charge on any atom is -0.429 e. The van der Waals surface area contributed by atoms with E-state index in [1.807, 2.05) is 0 Å². The van der Waals surface area contributed by atoms with Gasteiger partial charge in [0.15, 0.2) is 0 Å². The number of rotatable bonds is 4. The normalized spacial score (nSPS) is 13.3. The van der Waals surface area contributed by atoms with Crippen LogP contribution < -0.4 is 4.74 Å². The van der Waals surface area contributed by atoms with E-state index >= 15 is 0 Å². The van der Waals surface area contributed by atoms with Gasteiger partial charge in [0.25, 0.3) is 10.9 Å². The summed E-state index contributed by atoms with van der Waals surface area (Å²) in [5.41, 5.74) is -2.85. The van der Waals surface area contributed by atoms with Gasteiger partial charge in [0, 0.05) is 5.56 Å². The van der Waals surface area contributed by atoms with Crippen molar-refractivity contribution in [2.75, 3.05) is 0 Å². The summed E-state index contributed by atoms with van der Waals surface area (Å²) in [6.07, 6.45) is -4.13. The fourth-order valence-electron chi connectivity index (χ4n) is 0.856. The molecule has 1 aromatic rings. The monoisotopic (exact) mass is 272 g/mol. The molecule has 1 atom stereocenters. The minimum absolute atomic E-state index is 0.111. The molecule has 0 heterocycles. The predicted molar refractivity (Wildman–Crippen MR) is 52.9 cm³/mol. The van der Waals surface area contributed by atoms with Crippen LogP contribution in [0, 0.1) is 0 Å². The molecule has 7 heteroatoms. The highest BCUT2D eigenvalue weighted by molar-refractivity contribution is 6.67. The smallest absolute Gasteiger partial charge is 0.429 e. The standard InChI is InChI=1S/C9H5Cl2F3O2/c10-7(15)5-1-3-6(4-2-5)16-9(13,14)8(11)12/h1-4,8H. The molecule has 0 amide bonds. The van der Waals surface area contributed by atoms with Crippen molar-refractivity contribution in [3.8, 4) is 5.75 Å². The van der Waals surface area contributed by atoms with E-state index in [0.717, 1.165) is 12.1 Å². The Morgan fingerprint density at radius 3 is 2.19 bits per heavy atom. The van der Waals surface area contributed by atoms with Gasteiger partial charge >= 0.3 is 6.11 Å². The van der Waals surface area contributed by atoms with Crippen molar-refractivity contribution in [3.05, 3.63) is 29.8 Å². The van der Waals surface area contributed by atoms with Crippen molar-refractivity contribution in [2.45, 2.75) is 11.7 Å². The van der Waals surface area contributed by atoms with Crippen LogP contribution in [0.1, 0.15) is 10.4 Å². The Bertz CT molecular complexity index is 379. The first kappa shape index (κ1) is 13.1. The van der Waals surface area contributed by atoms with Gasteiger partial charge in [-0.05, 0) is 35.9 Å². The SMILES string of the molecule is O=C(Cl)c1ccc(OC(F)(F)C(F)Cl)cc1. The van der Waals surface area contributed by atoms with Gasteiger partial charge in [-0.3, -0.25) is 4.79 Å². The van der Waals surface area contributed by atoms with Gasteiger partial charge in [0.05, 0.1) is 0 Å². The first-order valence-corrected chi connectivity index (χ1v) is 4.79. The Hall–Kier alpha value is -0.940. The molecule has 0 saturated heterocycles. The van der Waals surface area contributed by atoms with Crippen LogP contribution in [0.25, 0.3) is 0 Å². The lowest BCUT2D eigenvalue weighted by atomic mass is 10.2. The van der Waals surface area contributed by atoms with Crippen molar-refractivity contribution in [1.82, 2.24) is 0 Å². The number of halogens is 5. The van der Waals surface area contributed by atoms with E-state index in [9.17, 15) is 18.0 Å². The Balaban J connectivity index is 2.80. The van der Waals surface area contributed by atoms with E-state index in [-0.39, 0.29) is 11.3 Å². The van der Waals surface area contributed by atoms with Crippen LogP contribution in [-0.2, 0) is 0 Å². The summed E-state index contributed by atoms with van der Waals surface area (Å²) in [5.74, 6) is -0.324. The van der Waals surface area contributed by atoms with Gasteiger partial charge in [-0.2, -0.15) is 8.78 Å². The summed E-state index contributed by atoms with van der Waals surface area (Å²) in [4.78, 5) is 10.6. The summed E-state index contributed by atoms with van der Waals surface area (Å²) in [6.45, 7) is 0. The topological polar surface area (TPSA) is 26.3 Å². The molecule has 0 spiro atoms. The van der Waals surface area contributed by atoms with Crippen LogP contribution in [-0.4, -0.2) is 17.0 Å². The average molecular weight is 273 g/mol. The van der Waals surface area contributed by atoms with E-state index in [1.54, 1.807) is 0 Å². The summed E-state index contributed by atoms with van der Waals surface area (Å²) in [7, 11) is 0. The first-order chi connectivity index (χ1) is 7.33. The highest BCUT2D eigenvalue weighted by Crippen LogP contribution is 2.28. The maximum Gasteiger partial charge on any atom is 0.444 e. The number of hydrogen-bond donors (Lipinski definition) is 0. The predicted octanol–water partition coefficient (Wildman–Crippen LogP) is 3.57. The summed E-state index contributed by atoms with van der Waals surface area (Å²) in [6, 6.07) is 4.45. The van der Waals surface area contributed by atoms with Gasteiger partial charge in [-0.15, -0.1) is 0 Å². The van der Waals surface area contributed by atoms with Gasteiger partial charge in [-0.25, -0.2) is 4.39 Å². The molecule has 1 aromatic carbocycles. The lowest BCUT2D eigenvalue weighted by Gasteiger charge is -2.17. The van der Waals surface area contributed by atoms with Crippen molar-refractivity contribution in [3.63, 3.8) is 0 Å². The summed E-state index contributed by atoms with van der Waals surface area (Å²) >= 11 is 9.71. The minimum atomic E-state index is -4.13. The van der Waals surface area contributed by atoms with Crippen LogP contribution in [0.4, 0.5) is 13.2 Å². The van der Waals surface area contributed by atoms with Crippen LogP contribution in [0.2, 0.25) is 0 Å². The molecule has 0 bridgehead atoms. The molecule has 0 radical (unpaired) electrons. The second-order valence-electron chi connectivity index (χ2n) is 2.76. The van der Waals surface area contributed by atoms with Crippen LogP contribution in [0.3, 0.4) is 0 Å². The largest absolute Gasteiger partial charge is 0.444 e. The Morgan fingerprint density at radius 2 is 1.81 bits per heavy atom. The molecule has 0 aliphatic carbocycles. The van der Waals surface area contributed by atoms with E-state index < -0.39 is 17.0 Å². The zero-order valence-electron chi connectivity index (χ0n) is 7.59. The molecule has 1 unspecified atom stereocenters. The fraction of sp³-hybridized carbons (Fsp3) is 0.222. The first-order valence-electron chi connectivity index (χ1n) is 3.98. The quantitative estimate of drug-likeness (QED) is 0.619. The lowest BCUT2D eigenvalue weighted by Crippen LogP contribution is -2.32. The summed E-state index contributed by atoms with van der Waals surface area (Å²) in [5, 5.41) is -0.737. The molecule has 0 fully saturated rings. The van der Waals surface area contributed by atoms with Crippen LogP contribution >= 0.6 is 23.2 Å². The number of ether oxygens (including phenoxy) is 1. The zero-order chi connectivity index (χ0) is 12.3. The third-order valence-corrected chi connectivity index (χ3v) is 2.06. The van der Waals surface area contributed by atoms with E-state index in [0.29, 0.717) is 0 Å². The van der Waals surface area contributed by atoms with Crippen molar-refractivity contribution < 1.29 is 22.7 Å². The molecular formula is C9H5Cl2F3O2. The molecular weight excluding hydrogens is 268 g/mol. The van der Waals surface area contributed by atoms with Gasteiger partial charge in [-0.1, -0.05) is 11.6 Å². The van der Waals surface area contributed by atoms with E-state index in [4.69, 9.17) is 11.6 Å². The molecule has 0 N–H and O–H groups in total. The molecule has 0 aromatic heterocycles. The van der Waals surface area contributed by atoms with Gasteiger partial charge in [0.2, 0.25) is 0 Å². The lowest BCUT2D eigenvalue weighted by molar-refractivity contribution is -0.199. The molecule has 88 valence electrons. The fourth-order valence-corrected chi connectivity index (χ4v) is 1.03. The second kappa shape index (κ2) is 4.93. The third kappa shape index (κ3) is 3.28. The van der Waals surface area contributed by atoms with Crippen LogP contribution in [0.5, 0.6) is 5.75 Å². The number of benzene rings is 1.